The number of rotatable bonds is 15. The van der Waals surface area contributed by atoms with E-state index in [0.29, 0.717) is 5.46 Å². The van der Waals surface area contributed by atoms with Gasteiger partial charge in [-0.15, -0.1) is 0 Å². The number of unbranched alkanes of at least 4 members (excludes halogenated alkanes) is 10. The van der Waals surface area contributed by atoms with Crippen LogP contribution in [0.25, 0.3) is 0 Å². The summed E-state index contributed by atoms with van der Waals surface area (Å²) in [5.41, 5.74) is 3.19. The monoisotopic (exact) mass is 346 g/mol. The van der Waals surface area contributed by atoms with E-state index in [1.54, 1.807) is 0 Å². The van der Waals surface area contributed by atoms with E-state index in [4.69, 9.17) is 0 Å². The van der Waals surface area contributed by atoms with Crippen LogP contribution >= 0.6 is 0 Å². The van der Waals surface area contributed by atoms with Gasteiger partial charge in [-0.3, -0.25) is 0 Å². The van der Waals surface area contributed by atoms with E-state index in [9.17, 15) is 10.0 Å². The number of aryl methyl sites for hydroxylation is 2. The molecule has 1 aromatic carbocycles. The van der Waals surface area contributed by atoms with Crippen molar-refractivity contribution in [3.8, 4) is 0 Å². The third kappa shape index (κ3) is 10.7. The number of benzene rings is 1. The molecule has 0 radical (unpaired) electrons. The lowest BCUT2D eigenvalue weighted by Gasteiger charge is -2.10. The van der Waals surface area contributed by atoms with Gasteiger partial charge in [0.05, 0.1) is 0 Å². The molecule has 0 bridgehead atoms. The molecule has 0 saturated heterocycles. The summed E-state index contributed by atoms with van der Waals surface area (Å²) < 4.78 is 0. The zero-order valence-electron chi connectivity index (χ0n) is 16.6. The van der Waals surface area contributed by atoms with Crippen LogP contribution in [0.2, 0.25) is 0 Å². The predicted octanol–water partition coefficient (Wildman–Crippen LogP) is 5.17. The van der Waals surface area contributed by atoms with Crippen LogP contribution in [0.5, 0.6) is 0 Å². The van der Waals surface area contributed by atoms with Gasteiger partial charge >= 0.3 is 7.12 Å². The van der Waals surface area contributed by atoms with Gasteiger partial charge in [0.15, 0.2) is 0 Å². The molecule has 2 nitrogen and oxygen atoms in total. The average Bonchev–Trinajstić information content (AvgIpc) is 2.61. The summed E-state index contributed by atoms with van der Waals surface area (Å²) in [7, 11) is -1.35. The first-order chi connectivity index (χ1) is 12.2. The largest absolute Gasteiger partial charge is 0.488 e. The third-order valence-electron chi connectivity index (χ3n) is 5.01. The van der Waals surface area contributed by atoms with Gasteiger partial charge in [0, 0.05) is 0 Å². The van der Waals surface area contributed by atoms with Crippen molar-refractivity contribution in [2.24, 2.45) is 0 Å². The first kappa shape index (κ1) is 22.2. The van der Waals surface area contributed by atoms with Gasteiger partial charge < -0.3 is 10.0 Å². The molecule has 0 aliphatic heterocycles. The quantitative estimate of drug-likeness (QED) is 0.340. The van der Waals surface area contributed by atoms with Crippen LogP contribution in [0.1, 0.15) is 102 Å². The first-order valence-corrected chi connectivity index (χ1v) is 10.7. The maximum atomic E-state index is 9.57. The molecule has 142 valence electrons. The highest BCUT2D eigenvalue weighted by Crippen LogP contribution is 2.14. The molecule has 1 aromatic rings. The van der Waals surface area contributed by atoms with Gasteiger partial charge in [0.1, 0.15) is 0 Å². The standard InChI is InChI=1S/C22H39BO2/c1-3-5-7-9-11-13-15-20-17-21(19-22(18-20)23(24)25)16-14-12-10-8-6-4-2/h17-19,24-25H,3-16H2,1-2H3. The van der Waals surface area contributed by atoms with Crippen molar-refractivity contribution in [1.82, 2.24) is 0 Å². The minimum Gasteiger partial charge on any atom is -0.423 e. The molecule has 0 spiro atoms. The molecule has 25 heavy (non-hydrogen) atoms. The van der Waals surface area contributed by atoms with E-state index in [0.717, 1.165) is 12.8 Å². The van der Waals surface area contributed by atoms with Gasteiger partial charge in [-0.2, -0.15) is 0 Å². The Labute approximate surface area is 156 Å². The summed E-state index contributed by atoms with van der Waals surface area (Å²) in [4.78, 5) is 0. The molecule has 0 aromatic heterocycles. The van der Waals surface area contributed by atoms with Crippen molar-refractivity contribution in [1.29, 1.82) is 0 Å². The van der Waals surface area contributed by atoms with E-state index in [2.05, 4.69) is 19.9 Å². The van der Waals surface area contributed by atoms with Crippen molar-refractivity contribution in [3.05, 3.63) is 29.3 Å². The van der Waals surface area contributed by atoms with Crippen LogP contribution in [-0.4, -0.2) is 17.2 Å². The van der Waals surface area contributed by atoms with Crippen LogP contribution in [0.3, 0.4) is 0 Å². The topological polar surface area (TPSA) is 40.5 Å². The molecule has 0 atom stereocenters. The highest BCUT2D eigenvalue weighted by Gasteiger charge is 2.13. The molecule has 0 aliphatic rings. The summed E-state index contributed by atoms with van der Waals surface area (Å²) in [6.45, 7) is 4.49. The van der Waals surface area contributed by atoms with Gasteiger partial charge in [0.2, 0.25) is 0 Å². The summed E-state index contributed by atoms with van der Waals surface area (Å²) in [6.07, 6.45) is 17.6. The van der Waals surface area contributed by atoms with Crippen molar-refractivity contribution in [2.75, 3.05) is 0 Å². The molecule has 0 unspecified atom stereocenters. The second-order valence-corrected chi connectivity index (χ2v) is 7.49. The molecular weight excluding hydrogens is 307 g/mol. The maximum absolute atomic E-state index is 9.57. The molecule has 0 saturated carbocycles. The van der Waals surface area contributed by atoms with Crippen molar-refractivity contribution in [3.63, 3.8) is 0 Å². The summed E-state index contributed by atoms with van der Waals surface area (Å²) in [5.74, 6) is 0. The molecule has 3 heteroatoms. The fourth-order valence-electron chi connectivity index (χ4n) is 3.45. The minimum absolute atomic E-state index is 0.657. The van der Waals surface area contributed by atoms with Crippen LogP contribution < -0.4 is 5.46 Å². The van der Waals surface area contributed by atoms with Gasteiger partial charge in [-0.05, 0) is 42.3 Å². The molecule has 0 amide bonds. The normalized spacial score (nSPS) is 11.0. The Bertz CT molecular complexity index is 411. The third-order valence-corrected chi connectivity index (χ3v) is 5.01. The zero-order chi connectivity index (χ0) is 18.3. The summed E-state index contributed by atoms with van der Waals surface area (Å²) in [6, 6.07) is 6.23. The smallest absolute Gasteiger partial charge is 0.423 e. The zero-order valence-corrected chi connectivity index (χ0v) is 16.6. The van der Waals surface area contributed by atoms with Gasteiger partial charge in [-0.25, -0.2) is 0 Å². The molecule has 0 heterocycles. The van der Waals surface area contributed by atoms with E-state index in [1.807, 2.05) is 12.1 Å². The van der Waals surface area contributed by atoms with Crippen molar-refractivity contribution < 1.29 is 10.0 Å². The highest BCUT2D eigenvalue weighted by atomic mass is 16.4. The second kappa shape index (κ2) is 14.4. The summed E-state index contributed by atoms with van der Waals surface area (Å²) >= 11 is 0. The SMILES string of the molecule is CCCCCCCCc1cc(CCCCCCCC)cc(B(O)O)c1. The Hall–Kier alpha value is -0.795. The number of hydrogen-bond acceptors (Lipinski definition) is 2. The molecule has 2 N–H and O–H groups in total. The van der Waals surface area contributed by atoms with E-state index < -0.39 is 7.12 Å². The Morgan fingerprint density at radius 1 is 0.600 bits per heavy atom. The number of hydrogen-bond donors (Lipinski definition) is 2. The Morgan fingerprint density at radius 3 is 1.40 bits per heavy atom. The van der Waals surface area contributed by atoms with Crippen LogP contribution in [-0.2, 0) is 12.8 Å². The fourth-order valence-corrected chi connectivity index (χ4v) is 3.45. The average molecular weight is 346 g/mol. The predicted molar refractivity (Wildman–Crippen MR) is 110 cm³/mol. The summed E-state index contributed by atoms with van der Waals surface area (Å²) in [5, 5.41) is 19.1. The maximum Gasteiger partial charge on any atom is 0.488 e. The van der Waals surface area contributed by atoms with Crippen molar-refractivity contribution >= 4 is 12.6 Å². The lowest BCUT2D eigenvalue weighted by atomic mass is 9.78. The fraction of sp³-hybridized carbons (Fsp3) is 0.727. The Morgan fingerprint density at radius 2 is 1.00 bits per heavy atom. The van der Waals surface area contributed by atoms with Crippen LogP contribution in [0, 0.1) is 0 Å². The molecule has 1 rings (SSSR count). The van der Waals surface area contributed by atoms with E-state index in [1.165, 1.54) is 88.2 Å². The molecule has 0 aliphatic carbocycles. The van der Waals surface area contributed by atoms with E-state index in [-0.39, 0.29) is 0 Å². The van der Waals surface area contributed by atoms with E-state index >= 15 is 0 Å². The van der Waals surface area contributed by atoms with Gasteiger partial charge in [-0.1, -0.05) is 96.3 Å². The molecular formula is C22H39BO2. The lowest BCUT2D eigenvalue weighted by molar-refractivity contribution is 0.425. The first-order valence-electron chi connectivity index (χ1n) is 10.7. The minimum atomic E-state index is -1.35. The highest BCUT2D eigenvalue weighted by molar-refractivity contribution is 6.58. The molecule has 0 fully saturated rings. The Kier molecular flexibility index (Phi) is 12.8. The lowest BCUT2D eigenvalue weighted by Crippen LogP contribution is -2.30. The van der Waals surface area contributed by atoms with Gasteiger partial charge in [0.25, 0.3) is 0 Å². The van der Waals surface area contributed by atoms with Crippen molar-refractivity contribution in [2.45, 2.75) is 104 Å². The second-order valence-electron chi connectivity index (χ2n) is 7.49. The van der Waals surface area contributed by atoms with Crippen LogP contribution in [0.15, 0.2) is 18.2 Å². The Balaban J connectivity index is 2.44. The van der Waals surface area contributed by atoms with Crippen LogP contribution in [0.4, 0.5) is 0 Å².